The van der Waals surface area contributed by atoms with Crippen molar-refractivity contribution in [3.05, 3.63) is 102 Å². The predicted molar refractivity (Wildman–Crippen MR) is 128 cm³/mol. The van der Waals surface area contributed by atoms with Gasteiger partial charge in [0.25, 0.3) is 11.7 Å². The predicted octanol–water partition coefficient (Wildman–Crippen LogP) is 5.20. The number of rotatable bonds is 6. The van der Waals surface area contributed by atoms with Crippen LogP contribution in [0.25, 0.3) is 39.3 Å². The number of fused-ring (bicyclic) bond motifs is 2. The minimum absolute atomic E-state index is 0.314. The van der Waals surface area contributed by atoms with Gasteiger partial charge in [-0.2, -0.15) is 5.21 Å². The Hall–Kier alpha value is -4.85. The van der Waals surface area contributed by atoms with Crippen molar-refractivity contribution in [1.82, 2.24) is 30.6 Å². The summed E-state index contributed by atoms with van der Waals surface area (Å²) in [6, 6.07) is 25.7. The Morgan fingerprint density at radius 2 is 1.79 bits per heavy atom. The number of benzene rings is 3. The molecule has 0 unspecified atom stereocenters. The Bertz CT molecular complexity index is 1620. The average molecular weight is 446 g/mol. The van der Waals surface area contributed by atoms with Crippen molar-refractivity contribution in [2.24, 2.45) is 0 Å². The van der Waals surface area contributed by atoms with Crippen molar-refractivity contribution in [2.75, 3.05) is 0 Å². The number of nitrogens with one attached hydrogen (secondary N) is 1. The number of ether oxygens (including phenoxy) is 1. The summed E-state index contributed by atoms with van der Waals surface area (Å²) in [5, 5.41) is 14.8. The van der Waals surface area contributed by atoms with Gasteiger partial charge in [-0.05, 0) is 52.7 Å². The lowest BCUT2D eigenvalue weighted by Gasteiger charge is -2.09. The Kier molecular flexibility index (Phi) is 4.81. The van der Waals surface area contributed by atoms with E-state index in [1.54, 1.807) is 0 Å². The molecule has 8 nitrogen and oxygen atoms in total. The number of H-pyrrole nitrogens is 1. The molecule has 6 rings (SSSR count). The van der Waals surface area contributed by atoms with Crippen LogP contribution in [-0.4, -0.2) is 30.6 Å². The second kappa shape index (κ2) is 8.25. The quantitative estimate of drug-likeness (QED) is 0.375. The fourth-order valence-electron chi connectivity index (χ4n) is 3.71. The topological polar surface area (TPSA) is 103 Å². The molecule has 0 radical (unpaired) electrons. The molecule has 0 spiro atoms. The molecule has 0 saturated heterocycles. The summed E-state index contributed by atoms with van der Waals surface area (Å²) in [7, 11) is 0. The zero-order chi connectivity index (χ0) is 22.9. The van der Waals surface area contributed by atoms with E-state index < -0.39 is 0 Å². The molecule has 3 aromatic carbocycles. The molecule has 164 valence electrons. The first-order valence-electron chi connectivity index (χ1n) is 10.6. The largest absolute Gasteiger partial charge is 0.489 e. The lowest BCUT2D eigenvalue weighted by molar-refractivity contribution is 0.306. The van der Waals surface area contributed by atoms with E-state index in [9.17, 15) is 0 Å². The molecule has 3 heterocycles. The lowest BCUT2D eigenvalue weighted by Crippen LogP contribution is -1.96. The van der Waals surface area contributed by atoms with E-state index in [2.05, 4.69) is 38.3 Å². The van der Waals surface area contributed by atoms with Crippen molar-refractivity contribution in [3.8, 4) is 17.5 Å². The minimum Gasteiger partial charge on any atom is -0.489 e. The van der Waals surface area contributed by atoms with Crippen LogP contribution in [0.5, 0.6) is 5.75 Å². The van der Waals surface area contributed by atoms with Gasteiger partial charge in [0.2, 0.25) is 0 Å². The van der Waals surface area contributed by atoms with Crippen LogP contribution in [0.3, 0.4) is 0 Å². The van der Waals surface area contributed by atoms with Crippen molar-refractivity contribution >= 4 is 27.6 Å². The smallest absolute Gasteiger partial charge is 0.269 e. The van der Waals surface area contributed by atoms with Gasteiger partial charge in [-0.3, -0.25) is 0 Å². The van der Waals surface area contributed by atoms with Gasteiger partial charge in [0.05, 0.1) is 11.2 Å². The summed E-state index contributed by atoms with van der Waals surface area (Å²) in [6.07, 6.45) is 0. The Balaban J connectivity index is 1.15. The van der Waals surface area contributed by atoms with E-state index in [-0.39, 0.29) is 0 Å². The Morgan fingerprint density at radius 3 is 2.65 bits per heavy atom. The monoisotopic (exact) mass is 446 g/mol. The summed E-state index contributed by atoms with van der Waals surface area (Å²) in [6.45, 7) is 4.63. The summed E-state index contributed by atoms with van der Waals surface area (Å²) < 4.78 is 11.7. The highest BCUT2D eigenvalue weighted by molar-refractivity contribution is 5.84. The fourth-order valence-corrected chi connectivity index (χ4v) is 3.71. The molecule has 6 aromatic rings. The molecule has 0 aliphatic carbocycles. The van der Waals surface area contributed by atoms with Gasteiger partial charge in [0.15, 0.2) is 5.58 Å². The molecule has 1 N–H and O–H groups in total. The van der Waals surface area contributed by atoms with Crippen molar-refractivity contribution in [3.63, 3.8) is 0 Å². The van der Waals surface area contributed by atoms with Gasteiger partial charge in [-0.15, -0.1) is 10.2 Å². The second-order valence-corrected chi connectivity index (χ2v) is 7.74. The third-order valence-corrected chi connectivity index (χ3v) is 5.51. The third-order valence-electron chi connectivity index (χ3n) is 5.51. The third kappa shape index (κ3) is 3.77. The van der Waals surface area contributed by atoms with Crippen molar-refractivity contribution in [1.29, 1.82) is 0 Å². The fraction of sp³-hybridized carbons (Fsp3) is 0.0385. The molecule has 3 aromatic heterocycles. The minimum atomic E-state index is 0.314. The first kappa shape index (κ1) is 19.8. The summed E-state index contributed by atoms with van der Waals surface area (Å²) in [5.74, 6) is 1.39. The summed E-state index contributed by atoms with van der Waals surface area (Å²) >= 11 is 0. The van der Waals surface area contributed by atoms with Gasteiger partial charge < -0.3 is 9.15 Å². The zero-order valence-corrected chi connectivity index (χ0v) is 18.0. The zero-order valence-electron chi connectivity index (χ0n) is 18.0. The van der Waals surface area contributed by atoms with Crippen LogP contribution in [0.4, 0.5) is 0 Å². The maximum Gasteiger partial charge on any atom is 0.269 e. The van der Waals surface area contributed by atoms with Gasteiger partial charge >= 0.3 is 0 Å². The second-order valence-electron chi connectivity index (χ2n) is 7.74. The van der Waals surface area contributed by atoms with Gasteiger partial charge in [-0.1, -0.05) is 49.0 Å². The highest BCUT2D eigenvalue weighted by Crippen LogP contribution is 2.26. The molecule has 0 atom stereocenters. The number of pyridine rings is 1. The van der Waals surface area contributed by atoms with Crippen LogP contribution in [0.2, 0.25) is 0 Å². The van der Waals surface area contributed by atoms with E-state index in [1.165, 1.54) is 0 Å². The molecule has 0 aliphatic rings. The number of hydrogen-bond donors (Lipinski definition) is 1. The molecule has 8 heteroatoms. The summed E-state index contributed by atoms with van der Waals surface area (Å²) in [4.78, 5) is 9.11. The normalized spacial score (nSPS) is 11.2. The highest BCUT2D eigenvalue weighted by atomic mass is 16.5. The van der Waals surface area contributed by atoms with E-state index in [4.69, 9.17) is 14.1 Å². The maximum atomic E-state index is 5.97. The Morgan fingerprint density at radius 1 is 0.912 bits per heavy atom. The molecule has 0 fully saturated rings. The summed E-state index contributed by atoms with van der Waals surface area (Å²) in [5.41, 5.74) is 5.97. The first-order chi connectivity index (χ1) is 16.7. The lowest BCUT2D eigenvalue weighted by atomic mass is 10.0. The molecule has 0 bridgehead atoms. The number of tetrazole rings is 1. The van der Waals surface area contributed by atoms with Crippen molar-refractivity contribution < 1.29 is 9.15 Å². The first-order valence-corrected chi connectivity index (χ1v) is 10.6. The highest BCUT2D eigenvalue weighted by Gasteiger charge is 2.13. The molecule has 0 aliphatic heterocycles. The van der Waals surface area contributed by atoms with Crippen LogP contribution in [-0.2, 0) is 6.61 Å². The number of para-hydroxylation sites is 1. The molecule has 0 amide bonds. The molecular weight excluding hydrogens is 428 g/mol. The van der Waals surface area contributed by atoms with E-state index >= 15 is 0 Å². The molecular formula is C26H18N6O2. The van der Waals surface area contributed by atoms with Crippen LogP contribution in [0.15, 0.2) is 89.9 Å². The number of oxazole rings is 1. The maximum absolute atomic E-state index is 5.97. The van der Waals surface area contributed by atoms with E-state index in [1.807, 2.05) is 72.8 Å². The van der Waals surface area contributed by atoms with Crippen LogP contribution in [0, 0.1) is 0 Å². The molecule has 34 heavy (non-hydrogen) atoms. The average Bonchev–Trinajstić information content (AvgIpc) is 3.57. The number of aromatic nitrogens is 6. The number of aromatic amines is 1. The standard InChI is InChI=1S/C26H18N6O2/c1-16(21-13-9-19-4-2-3-5-22(19)27-21)18-7-10-20(11-8-18)33-15-17-6-12-23-24(14-17)34-26(28-23)25-29-31-32-30-25/h2-14H,1,15H2,(H,29,30,31,32). The molecule has 0 saturated carbocycles. The van der Waals surface area contributed by atoms with Gasteiger partial charge in [0, 0.05) is 11.0 Å². The number of hydrogen-bond acceptors (Lipinski definition) is 7. The van der Waals surface area contributed by atoms with Crippen LogP contribution in [0.1, 0.15) is 16.8 Å². The van der Waals surface area contributed by atoms with E-state index in [0.717, 1.165) is 39.0 Å². The van der Waals surface area contributed by atoms with E-state index in [0.29, 0.717) is 29.4 Å². The van der Waals surface area contributed by atoms with Crippen LogP contribution < -0.4 is 4.74 Å². The SMILES string of the molecule is C=C(c1ccc(OCc2ccc3nc(-c4nn[nH]n4)oc3c2)cc1)c1ccc2ccccc2n1. The van der Waals surface area contributed by atoms with Crippen molar-refractivity contribution in [2.45, 2.75) is 6.61 Å². The van der Waals surface area contributed by atoms with Gasteiger partial charge in [-0.25, -0.2) is 9.97 Å². The Labute approximate surface area is 193 Å². The number of nitrogens with zero attached hydrogens (tertiary/aromatic N) is 5. The van der Waals surface area contributed by atoms with Gasteiger partial charge in [0.1, 0.15) is 17.9 Å². The van der Waals surface area contributed by atoms with Crippen LogP contribution >= 0.6 is 0 Å².